The molecule has 1 aliphatic heterocycles. The summed E-state index contributed by atoms with van der Waals surface area (Å²) >= 11 is 0. The van der Waals surface area contributed by atoms with Gasteiger partial charge in [0.1, 0.15) is 6.61 Å². The first-order valence-electron chi connectivity index (χ1n) is 8.89. The second kappa shape index (κ2) is 6.95. The minimum atomic E-state index is -0.319. The molecule has 0 atom stereocenters. The van der Waals surface area contributed by atoms with Crippen LogP contribution in [0.4, 0.5) is 0 Å². The van der Waals surface area contributed by atoms with E-state index in [-0.39, 0.29) is 24.5 Å². The number of esters is 2. The number of fused-ring (bicyclic) bond motifs is 1. The van der Waals surface area contributed by atoms with E-state index < -0.39 is 0 Å². The summed E-state index contributed by atoms with van der Waals surface area (Å²) in [7, 11) is 3.05. The van der Waals surface area contributed by atoms with Crippen LogP contribution in [0, 0.1) is 5.92 Å². The summed E-state index contributed by atoms with van der Waals surface area (Å²) in [5.74, 6) is 0.542. The summed E-state index contributed by atoms with van der Waals surface area (Å²) in [6, 6.07) is 9.01. The second-order valence-corrected chi connectivity index (χ2v) is 6.67. The van der Waals surface area contributed by atoms with Gasteiger partial charge in [0.25, 0.3) is 0 Å². The van der Waals surface area contributed by atoms with Gasteiger partial charge in [-0.15, -0.1) is 0 Å². The molecule has 0 amide bonds. The molecule has 0 aromatic heterocycles. The largest absolute Gasteiger partial charge is 0.493 e. The molecule has 4 rings (SSSR count). The van der Waals surface area contributed by atoms with E-state index in [9.17, 15) is 9.59 Å². The molecule has 0 saturated heterocycles. The lowest BCUT2D eigenvalue weighted by Gasteiger charge is -2.24. The normalized spacial score (nSPS) is 15.6. The molecule has 0 radical (unpaired) electrons. The lowest BCUT2D eigenvalue weighted by atomic mass is 9.85. The van der Waals surface area contributed by atoms with E-state index in [2.05, 4.69) is 0 Å². The van der Waals surface area contributed by atoms with Crippen LogP contribution in [-0.4, -0.2) is 26.2 Å². The van der Waals surface area contributed by atoms with Crippen LogP contribution in [0.5, 0.6) is 17.2 Å². The van der Waals surface area contributed by atoms with Gasteiger partial charge in [0, 0.05) is 11.1 Å². The molecule has 140 valence electrons. The van der Waals surface area contributed by atoms with Crippen molar-refractivity contribution in [2.24, 2.45) is 5.92 Å². The molecule has 2 aliphatic rings. The van der Waals surface area contributed by atoms with E-state index >= 15 is 0 Å². The van der Waals surface area contributed by atoms with Gasteiger partial charge in [0.2, 0.25) is 5.75 Å². The third-order valence-electron chi connectivity index (χ3n) is 5.14. The quantitative estimate of drug-likeness (QED) is 0.591. The average molecular weight is 368 g/mol. The zero-order valence-corrected chi connectivity index (χ0v) is 15.2. The van der Waals surface area contributed by atoms with Crippen LogP contribution in [0.15, 0.2) is 30.3 Å². The maximum atomic E-state index is 12.5. The predicted molar refractivity (Wildman–Crippen MR) is 97.1 cm³/mol. The molecule has 0 unspecified atom stereocenters. The number of carbonyl (C=O) groups excluding carboxylic acids is 2. The fourth-order valence-corrected chi connectivity index (χ4v) is 3.36. The molecule has 1 fully saturated rings. The summed E-state index contributed by atoms with van der Waals surface area (Å²) in [6.07, 6.45) is 2.73. The average Bonchev–Trinajstić information content (AvgIpc) is 3.00. The Hall–Kier alpha value is -3.02. The molecule has 0 spiro atoms. The zero-order chi connectivity index (χ0) is 19.0. The number of carbonyl (C=O) groups is 2. The van der Waals surface area contributed by atoms with Crippen LogP contribution in [-0.2, 0) is 16.1 Å². The van der Waals surface area contributed by atoms with Crippen LogP contribution in [0.2, 0.25) is 0 Å². The van der Waals surface area contributed by atoms with Gasteiger partial charge in [0.05, 0.1) is 25.7 Å². The maximum absolute atomic E-state index is 12.5. The number of cyclic esters (lactones) is 1. The van der Waals surface area contributed by atoms with Gasteiger partial charge in [0.15, 0.2) is 11.5 Å². The molecule has 27 heavy (non-hydrogen) atoms. The number of rotatable bonds is 5. The van der Waals surface area contributed by atoms with Crippen LogP contribution >= 0.6 is 0 Å². The smallest absolute Gasteiger partial charge is 0.338 e. The van der Waals surface area contributed by atoms with Gasteiger partial charge in [-0.3, -0.25) is 4.79 Å². The number of hydrogen-bond donors (Lipinski definition) is 0. The standard InChI is InChI=1S/C21H20O6/c1-24-17-9-8-15(13-6-7-16-14(10-13)11-26-21(16)23)18(19(17)25-2)27-20(22)12-4-3-5-12/h6-10,12H,3-5,11H2,1-2H3. The summed E-state index contributed by atoms with van der Waals surface area (Å²) in [5.41, 5.74) is 2.88. The Balaban J connectivity index is 1.79. The Bertz CT molecular complexity index is 913. The molecule has 6 heteroatoms. The Labute approximate surface area is 157 Å². The highest BCUT2D eigenvalue weighted by Crippen LogP contribution is 2.46. The van der Waals surface area contributed by atoms with E-state index in [1.165, 1.54) is 14.2 Å². The van der Waals surface area contributed by atoms with Gasteiger partial charge < -0.3 is 18.9 Å². The van der Waals surface area contributed by atoms with Crippen molar-refractivity contribution in [1.29, 1.82) is 0 Å². The van der Waals surface area contributed by atoms with Crippen molar-refractivity contribution in [3.63, 3.8) is 0 Å². The highest BCUT2D eigenvalue weighted by atomic mass is 16.6. The SMILES string of the molecule is COc1ccc(-c2ccc3c(c2)COC3=O)c(OC(=O)C2CCC2)c1OC. The second-order valence-electron chi connectivity index (χ2n) is 6.67. The number of benzene rings is 2. The van der Waals surface area contributed by atoms with Gasteiger partial charge >= 0.3 is 11.9 Å². The third kappa shape index (κ3) is 3.01. The van der Waals surface area contributed by atoms with Crippen LogP contribution in [0.1, 0.15) is 35.2 Å². The number of methoxy groups -OCH3 is 2. The molecule has 0 bridgehead atoms. The van der Waals surface area contributed by atoms with E-state index in [1.807, 2.05) is 18.2 Å². The molecular formula is C21H20O6. The zero-order valence-electron chi connectivity index (χ0n) is 15.2. The Kier molecular flexibility index (Phi) is 4.48. The lowest BCUT2D eigenvalue weighted by Crippen LogP contribution is -2.26. The van der Waals surface area contributed by atoms with Crippen molar-refractivity contribution < 1.29 is 28.5 Å². The van der Waals surface area contributed by atoms with Crippen LogP contribution in [0.3, 0.4) is 0 Å². The number of ether oxygens (including phenoxy) is 4. The molecule has 1 aliphatic carbocycles. The lowest BCUT2D eigenvalue weighted by molar-refractivity contribution is -0.141. The van der Waals surface area contributed by atoms with Crippen LogP contribution < -0.4 is 14.2 Å². The Morgan fingerprint density at radius 2 is 1.81 bits per heavy atom. The molecule has 6 nitrogen and oxygen atoms in total. The third-order valence-corrected chi connectivity index (χ3v) is 5.14. The molecule has 0 N–H and O–H groups in total. The van der Waals surface area contributed by atoms with Crippen molar-refractivity contribution in [3.8, 4) is 28.4 Å². The minimum Gasteiger partial charge on any atom is -0.493 e. The van der Waals surface area contributed by atoms with Crippen LogP contribution in [0.25, 0.3) is 11.1 Å². The fraction of sp³-hybridized carbons (Fsp3) is 0.333. The topological polar surface area (TPSA) is 71.1 Å². The maximum Gasteiger partial charge on any atom is 0.338 e. The van der Waals surface area contributed by atoms with Crippen molar-refractivity contribution in [2.45, 2.75) is 25.9 Å². The van der Waals surface area contributed by atoms with E-state index in [0.29, 0.717) is 28.4 Å². The molecule has 2 aromatic rings. The first-order chi connectivity index (χ1) is 13.1. The molecular weight excluding hydrogens is 348 g/mol. The monoisotopic (exact) mass is 368 g/mol. The Morgan fingerprint density at radius 3 is 2.48 bits per heavy atom. The van der Waals surface area contributed by atoms with Crippen molar-refractivity contribution in [3.05, 3.63) is 41.5 Å². The fourth-order valence-electron chi connectivity index (χ4n) is 3.36. The van der Waals surface area contributed by atoms with Gasteiger partial charge in [-0.25, -0.2) is 4.79 Å². The first-order valence-corrected chi connectivity index (χ1v) is 8.89. The Morgan fingerprint density at radius 1 is 1.04 bits per heavy atom. The highest BCUT2D eigenvalue weighted by molar-refractivity contribution is 5.94. The summed E-state index contributed by atoms with van der Waals surface area (Å²) in [4.78, 5) is 24.2. The summed E-state index contributed by atoms with van der Waals surface area (Å²) < 4.78 is 21.7. The summed E-state index contributed by atoms with van der Waals surface area (Å²) in [5, 5.41) is 0. The molecule has 1 heterocycles. The molecule has 1 saturated carbocycles. The van der Waals surface area contributed by atoms with Gasteiger partial charge in [-0.05, 0) is 42.7 Å². The van der Waals surface area contributed by atoms with E-state index in [4.69, 9.17) is 18.9 Å². The van der Waals surface area contributed by atoms with Crippen molar-refractivity contribution in [2.75, 3.05) is 14.2 Å². The van der Waals surface area contributed by atoms with E-state index in [1.54, 1.807) is 12.1 Å². The van der Waals surface area contributed by atoms with Gasteiger partial charge in [-0.1, -0.05) is 12.5 Å². The van der Waals surface area contributed by atoms with Crippen molar-refractivity contribution >= 4 is 11.9 Å². The highest BCUT2D eigenvalue weighted by Gasteiger charge is 2.30. The van der Waals surface area contributed by atoms with E-state index in [0.717, 1.165) is 30.4 Å². The molecule has 2 aromatic carbocycles. The summed E-state index contributed by atoms with van der Waals surface area (Å²) in [6.45, 7) is 0.243. The minimum absolute atomic E-state index is 0.0696. The van der Waals surface area contributed by atoms with Gasteiger partial charge in [-0.2, -0.15) is 0 Å². The first kappa shape index (κ1) is 17.4. The predicted octanol–water partition coefficient (Wildman–Crippen LogP) is 3.75. The number of hydrogen-bond acceptors (Lipinski definition) is 6. The van der Waals surface area contributed by atoms with Crippen molar-refractivity contribution in [1.82, 2.24) is 0 Å².